The molecule has 0 fully saturated rings. The molecule has 190 valence electrons. The predicted molar refractivity (Wildman–Crippen MR) is 130 cm³/mol. The number of rotatable bonds is 9. The van der Waals surface area contributed by atoms with Gasteiger partial charge in [-0.3, -0.25) is 19.0 Å². The SMILES string of the molecule is COC(=O)C(C(=O)N(C)CCO[N+](=O)[O-])c1c(C)n(C(=O)c2ccc(Cl)cc2)c2ccc(OC)cc12. The minimum atomic E-state index is -1.45. The lowest BCUT2D eigenvalue weighted by Gasteiger charge is -2.22. The summed E-state index contributed by atoms with van der Waals surface area (Å²) in [5.74, 6) is -2.94. The van der Waals surface area contributed by atoms with Gasteiger partial charge in [-0.05, 0) is 49.4 Å². The molecule has 0 aliphatic carbocycles. The molecule has 1 unspecified atom stereocenters. The van der Waals surface area contributed by atoms with Crippen molar-refractivity contribution < 1.29 is 33.8 Å². The van der Waals surface area contributed by atoms with Gasteiger partial charge in [-0.2, -0.15) is 0 Å². The number of carbonyl (C=O) groups is 3. The fraction of sp³-hybridized carbons (Fsp3) is 0.292. The first-order chi connectivity index (χ1) is 17.1. The summed E-state index contributed by atoms with van der Waals surface area (Å²) in [6, 6.07) is 11.3. The van der Waals surface area contributed by atoms with Crippen LogP contribution in [0.2, 0.25) is 5.02 Å². The average molecular weight is 518 g/mol. The maximum atomic E-state index is 13.5. The van der Waals surface area contributed by atoms with Crippen LogP contribution in [0.5, 0.6) is 5.75 Å². The van der Waals surface area contributed by atoms with E-state index in [9.17, 15) is 24.5 Å². The van der Waals surface area contributed by atoms with Crippen LogP contribution in [0.25, 0.3) is 10.9 Å². The van der Waals surface area contributed by atoms with Crippen LogP contribution in [0, 0.1) is 17.0 Å². The van der Waals surface area contributed by atoms with E-state index in [4.69, 9.17) is 21.1 Å². The number of hydrogen-bond acceptors (Lipinski definition) is 8. The van der Waals surface area contributed by atoms with E-state index in [0.29, 0.717) is 32.9 Å². The summed E-state index contributed by atoms with van der Waals surface area (Å²) in [6.07, 6.45) is 0. The summed E-state index contributed by atoms with van der Waals surface area (Å²) in [4.78, 5) is 55.8. The van der Waals surface area contributed by atoms with Gasteiger partial charge in [0.1, 0.15) is 12.4 Å². The highest BCUT2D eigenvalue weighted by Crippen LogP contribution is 2.36. The molecule has 0 N–H and O–H groups in total. The highest BCUT2D eigenvalue weighted by Gasteiger charge is 2.37. The molecule has 0 aliphatic heterocycles. The van der Waals surface area contributed by atoms with Crippen molar-refractivity contribution in [3.63, 3.8) is 0 Å². The molecule has 3 aromatic rings. The van der Waals surface area contributed by atoms with Crippen LogP contribution in [0.3, 0.4) is 0 Å². The highest BCUT2D eigenvalue weighted by atomic mass is 35.5. The van der Waals surface area contributed by atoms with Crippen molar-refractivity contribution in [2.45, 2.75) is 12.8 Å². The van der Waals surface area contributed by atoms with Crippen molar-refractivity contribution in [3.8, 4) is 5.75 Å². The van der Waals surface area contributed by atoms with E-state index in [1.807, 2.05) is 0 Å². The first kappa shape index (κ1) is 26.5. The maximum absolute atomic E-state index is 13.5. The van der Waals surface area contributed by atoms with E-state index in [0.717, 1.165) is 12.0 Å². The molecule has 0 saturated heterocycles. The Morgan fingerprint density at radius 1 is 1.14 bits per heavy atom. The summed E-state index contributed by atoms with van der Waals surface area (Å²) in [6.45, 7) is 1.08. The molecule has 36 heavy (non-hydrogen) atoms. The zero-order chi connectivity index (χ0) is 26.6. The van der Waals surface area contributed by atoms with Crippen LogP contribution in [-0.4, -0.2) is 66.8 Å². The molecular formula is C24H24ClN3O8. The molecule has 1 atom stereocenters. The Morgan fingerprint density at radius 3 is 2.39 bits per heavy atom. The number of amides is 1. The quantitative estimate of drug-likeness (QED) is 0.183. The van der Waals surface area contributed by atoms with Gasteiger partial charge in [-0.25, -0.2) is 0 Å². The van der Waals surface area contributed by atoms with Gasteiger partial charge < -0.3 is 19.2 Å². The van der Waals surface area contributed by atoms with E-state index in [2.05, 4.69) is 4.84 Å². The predicted octanol–water partition coefficient (Wildman–Crippen LogP) is 3.22. The molecule has 1 heterocycles. The summed E-state index contributed by atoms with van der Waals surface area (Å²) < 4.78 is 11.7. The topological polar surface area (TPSA) is 130 Å². The number of aromatic nitrogens is 1. The Bertz CT molecular complexity index is 1320. The monoisotopic (exact) mass is 517 g/mol. The number of esters is 1. The van der Waals surface area contributed by atoms with Crippen LogP contribution < -0.4 is 4.74 Å². The molecule has 11 nitrogen and oxygen atoms in total. The zero-order valence-corrected chi connectivity index (χ0v) is 20.8. The number of hydrogen-bond donors (Lipinski definition) is 0. The lowest BCUT2D eigenvalue weighted by atomic mass is 9.94. The lowest BCUT2D eigenvalue weighted by Crippen LogP contribution is -2.38. The van der Waals surface area contributed by atoms with Gasteiger partial charge in [0.2, 0.25) is 5.91 Å². The summed E-state index contributed by atoms with van der Waals surface area (Å²) in [5, 5.41) is 10.4. The standard InChI is InChI=1S/C24H24ClN3O8/c1-14-20(21(24(31)35-4)23(30)26(2)11-12-36-28(32)33)18-13-17(34-3)9-10-19(18)27(14)22(29)15-5-7-16(25)8-6-15/h5-10,13,21H,11-12H2,1-4H3. The van der Waals surface area contributed by atoms with Gasteiger partial charge in [0, 0.05) is 40.8 Å². The van der Waals surface area contributed by atoms with E-state index >= 15 is 0 Å². The molecule has 0 radical (unpaired) electrons. The molecular weight excluding hydrogens is 494 g/mol. The lowest BCUT2D eigenvalue weighted by molar-refractivity contribution is -0.757. The zero-order valence-electron chi connectivity index (χ0n) is 20.0. The second kappa shape index (κ2) is 11.1. The van der Waals surface area contributed by atoms with Gasteiger partial charge in [0.15, 0.2) is 5.92 Å². The Morgan fingerprint density at radius 2 is 1.81 bits per heavy atom. The summed E-state index contributed by atoms with van der Waals surface area (Å²) in [7, 11) is 4.00. The third-order valence-corrected chi connectivity index (χ3v) is 5.98. The minimum absolute atomic E-state index is 0.155. The van der Waals surface area contributed by atoms with E-state index in [-0.39, 0.29) is 18.7 Å². The Hall–Kier alpha value is -4.12. The Labute approximate surface area is 211 Å². The van der Waals surface area contributed by atoms with Gasteiger partial charge in [0.25, 0.3) is 11.0 Å². The molecule has 0 saturated carbocycles. The van der Waals surface area contributed by atoms with Crippen molar-refractivity contribution >= 4 is 40.3 Å². The van der Waals surface area contributed by atoms with Gasteiger partial charge in [-0.15, -0.1) is 10.1 Å². The van der Waals surface area contributed by atoms with Gasteiger partial charge in [0.05, 0.1) is 19.7 Å². The number of methoxy groups -OCH3 is 2. The van der Waals surface area contributed by atoms with Crippen molar-refractivity contribution in [2.75, 3.05) is 34.4 Å². The third-order valence-electron chi connectivity index (χ3n) is 5.73. The fourth-order valence-electron chi connectivity index (χ4n) is 3.94. The van der Waals surface area contributed by atoms with Crippen molar-refractivity contribution in [1.29, 1.82) is 0 Å². The third kappa shape index (κ3) is 5.25. The fourth-order valence-corrected chi connectivity index (χ4v) is 4.07. The number of fused-ring (bicyclic) bond motifs is 1. The Balaban J connectivity index is 2.19. The van der Waals surface area contributed by atoms with Crippen molar-refractivity contribution in [2.24, 2.45) is 0 Å². The van der Waals surface area contributed by atoms with Crippen molar-refractivity contribution in [3.05, 3.63) is 74.4 Å². The molecule has 0 aliphatic rings. The second-order valence-corrected chi connectivity index (χ2v) is 8.24. The van der Waals surface area contributed by atoms with Crippen molar-refractivity contribution in [1.82, 2.24) is 9.47 Å². The summed E-state index contributed by atoms with van der Waals surface area (Å²) >= 11 is 5.96. The number of ether oxygens (including phenoxy) is 2. The normalized spacial score (nSPS) is 11.6. The average Bonchev–Trinajstić information content (AvgIpc) is 3.14. The molecule has 2 aromatic carbocycles. The van der Waals surface area contributed by atoms with Crippen LogP contribution in [0.1, 0.15) is 27.5 Å². The number of nitrogens with zero attached hydrogens (tertiary/aromatic N) is 3. The van der Waals surface area contributed by atoms with Crippen LogP contribution >= 0.6 is 11.6 Å². The number of carbonyl (C=O) groups excluding carboxylic acids is 3. The number of likely N-dealkylation sites (N-methyl/N-ethyl adjacent to an activating group) is 1. The highest BCUT2D eigenvalue weighted by molar-refractivity contribution is 6.30. The first-order valence-corrected chi connectivity index (χ1v) is 11.1. The van der Waals surface area contributed by atoms with Crippen LogP contribution in [0.4, 0.5) is 0 Å². The smallest absolute Gasteiger partial charge is 0.322 e. The Kier molecular flexibility index (Phi) is 8.15. The largest absolute Gasteiger partial charge is 0.497 e. The molecule has 1 amide bonds. The van der Waals surface area contributed by atoms with E-state index < -0.39 is 28.8 Å². The van der Waals surface area contributed by atoms with E-state index in [1.54, 1.807) is 49.4 Å². The summed E-state index contributed by atoms with van der Waals surface area (Å²) in [5.41, 5.74) is 1.39. The molecule has 0 spiro atoms. The molecule has 3 rings (SSSR count). The molecule has 12 heteroatoms. The minimum Gasteiger partial charge on any atom is -0.497 e. The second-order valence-electron chi connectivity index (χ2n) is 7.80. The molecule has 1 aromatic heterocycles. The molecule has 0 bridgehead atoms. The van der Waals surface area contributed by atoms with E-state index in [1.165, 1.54) is 18.7 Å². The van der Waals surface area contributed by atoms with Gasteiger partial charge >= 0.3 is 5.97 Å². The van der Waals surface area contributed by atoms with Crippen LogP contribution in [-0.2, 0) is 19.2 Å². The van der Waals surface area contributed by atoms with Gasteiger partial charge in [-0.1, -0.05) is 11.6 Å². The van der Waals surface area contributed by atoms with Crippen LogP contribution in [0.15, 0.2) is 42.5 Å². The first-order valence-electron chi connectivity index (χ1n) is 10.7. The maximum Gasteiger partial charge on any atom is 0.322 e. The number of halogens is 1. The number of benzene rings is 2.